The largest absolute Gasteiger partial charge is 0.573 e. The maximum absolute atomic E-state index is 12.8. The Morgan fingerprint density at radius 3 is 2.63 bits per heavy atom. The van der Waals surface area contributed by atoms with E-state index in [2.05, 4.69) is 19.7 Å². The van der Waals surface area contributed by atoms with Gasteiger partial charge in [0, 0.05) is 5.56 Å². The van der Waals surface area contributed by atoms with Gasteiger partial charge >= 0.3 is 6.36 Å². The molecule has 5 nitrogen and oxygen atoms in total. The monoisotopic (exact) mass is 415 g/mol. The van der Waals surface area contributed by atoms with Crippen LogP contribution < -0.4 is 4.74 Å². The predicted molar refractivity (Wildman–Crippen MR) is 107 cm³/mol. The third-order valence-electron chi connectivity index (χ3n) is 5.70. The van der Waals surface area contributed by atoms with Gasteiger partial charge in [-0.05, 0) is 49.4 Å². The molecule has 0 bridgehead atoms. The summed E-state index contributed by atoms with van der Waals surface area (Å²) in [7, 11) is 0. The first-order valence-corrected chi connectivity index (χ1v) is 10.00. The van der Waals surface area contributed by atoms with Crippen LogP contribution in [0.3, 0.4) is 0 Å². The first kappa shape index (κ1) is 19.0. The number of alkyl halides is 3. The van der Waals surface area contributed by atoms with Gasteiger partial charge in [0.05, 0.1) is 17.6 Å². The number of fused-ring (bicyclic) bond motifs is 1. The number of H-pyrrole nitrogens is 1. The van der Waals surface area contributed by atoms with Gasteiger partial charge in [-0.15, -0.1) is 13.2 Å². The Bertz CT molecular complexity index is 1110. The molecule has 156 valence electrons. The second kappa shape index (κ2) is 7.04. The molecule has 1 fully saturated rings. The van der Waals surface area contributed by atoms with Crippen LogP contribution in [0.15, 0.2) is 47.5 Å². The summed E-state index contributed by atoms with van der Waals surface area (Å²) in [5, 5.41) is 0. The van der Waals surface area contributed by atoms with Gasteiger partial charge in [0.1, 0.15) is 11.4 Å². The van der Waals surface area contributed by atoms with E-state index in [0.29, 0.717) is 40.4 Å². The number of benzene rings is 2. The van der Waals surface area contributed by atoms with Crippen molar-refractivity contribution in [3.63, 3.8) is 0 Å². The normalized spacial score (nSPS) is 18.4. The molecule has 0 radical (unpaired) electrons. The molecule has 2 heterocycles. The molecule has 30 heavy (non-hydrogen) atoms. The third kappa shape index (κ3) is 3.62. The van der Waals surface area contributed by atoms with Crippen molar-refractivity contribution < 1.29 is 22.6 Å². The number of halogens is 3. The predicted octanol–water partition coefficient (Wildman–Crippen LogP) is 5.61. The maximum atomic E-state index is 12.8. The van der Waals surface area contributed by atoms with E-state index < -0.39 is 6.36 Å². The lowest BCUT2D eigenvalue weighted by Crippen LogP contribution is -2.35. The van der Waals surface area contributed by atoms with Crippen molar-refractivity contribution in [1.29, 1.82) is 0 Å². The zero-order chi connectivity index (χ0) is 20.8. The van der Waals surface area contributed by atoms with Crippen LogP contribution in [-0.2, 0) is 4.74 Å². The SMILES string of the molecule is FC(F)(F)Oc1ccccc1-c1ccc2nc(C3=NCC4(CCCCC4)O3)[nH]c2c1. The van der Waals surface area contributed by atoms with Gasteiger partial charge in [0.25, 0.3) is 5.90 Å². The molecular formula is C22H20F3N3O2. The Morgan fingerprint density at radius 1 is 1.03 bits per heavy atom. The topological polar surface area (TPSA) is 59.5 Å². The summed E-state index contributed by atoms with van der Waals surface area (Å²) in [5.41, 5.74) is 2.13. The highest BCUT2D eigenvalue weighted by atomic mass is 19.4. The molecule has 1 saturated carbocycles. The molecule has 0 amide bonds. The molecule has 3 aromatic rings. The number of aromatic amines is 1. The average molecular weight is 415 g/mol. The van der Waals surface area contributed by atoms with Gasteiger partial charge in [-0.3, -0.25) is 0 Å². The fourth-order valence-electron chi connectivity index (χ4n) is 4.26. The first-order chi connectivity index (χ1) is 14.4. The summed E-state index contributed by atoms with van der Waals surface area (Å²) >= 11 is 0. The number of imidazole rings is 1. The van der Waals surface area contributed by atoms with Gasteiger partial charge in [-0.25, -0.2) is 9.98 Å². The standard InChI is InChI=1S/C22H20F3N3O2/c23-22(24,25)29-18-7-3-2-6-15(18)14-8-9-16-17(12-14)28-19(27-16)20-26-13-21(30-20)10-4-1-5-11-21/h2-3,6-9,12H,1,4-5,10-11,13H2,(H,27,28). The lowest BCUT2D eigenvalue weighted by atomic mass is 9.85. The quantitative estimate of drug-likeness (QED) is 0.605. The van der Waals surface area contributed by atoms with Crippen molar-refractivity contribution >= 4 is 16.9 Å². The molecule has 2 aliphatic rings. The number of aromatic nitrogens is 2. The Labute approximate surface area is 170 Å². The highest BCUT2D eigenvalue weighted by Gasteiger charge is 2.40. The molecule has 0 unspecified atom stereocenters. The van der Waals surface area contributed by atoms with Gasteiger partial charge in [0.2, 0.25) is 0 Å². The van der Waals surface area contributed by atoms with Crippen LogP contribution in [0.25, 0.3) is 22.2 Å². The third-order valence-corrected chi connectivity index (χ3v) is 5.70. The fraction of sp³-hybridized carbons (Fsp3) is 0.364. The van der Waals surface area contributed by atoms with E-state index in [1.165, 1.54) is 18.6 Å². The average Bonchev–Trinajstić information content (AvgIpc) is 3.31. The van der Waals surface area contributed by atoms with E-state index >= 15 is 0 Å². The number of ether oxygens (including phenoxy) is 2. The second-order valence-electron chi connectivity index (χ2n) is 7.83. The number of nitrogens with zero attached hydrogens (tertiary/aromatic N) is 2. The smallest absolute Gasteiger partial charge is 0.467 e. The van der Waals surface area contributed by atoms with Crippen molar-refractivity contribution in [1.82, 2.24) is 9.97 Å². The summed E-state index contributed by atoms with van der Waals surface area (Å²) < 4.78 is 48.6. The van der Waals surface area contributed by atoms with E-state index in [9.17, 15) is 13.2 Å². The van der Waals surface area contributed by atoms with Crippen LogP contribution in [0.5, 0.6) is 5.75 Å². The molecule has 8 heteroatoms. The van der Waals surface area contributed by atoms with E-state index in [0.717, 1.165) is 25.7 Å². The number of hydrogen-bond donors (Lipinski definition) is 1. The van der Waals surface area contributed by atoms with Gasteiger partial charge in [-0.2, -0.15) is 0 Å². The lowest BCUT2D eigenvalue weighted by molar-refractivity contribution is -0.274. The first-order valence-electron chi connectivity index (χ1n) is 10.00. The zero-order valence-electron chi connectivity index (χ0n) is 16.1. The van der Waals surface area contributed by atoms with Crippen LogP contribution in [0, 0.1) is 0 Å². The number of hydrogen-bond acceptors (Lipinski definition) is 4. The maximum Gasteiger partial charge on any atom is 0.573 e. The van der Waals surface area contributed by atoms with E-state index in [1.54, 1.807) is 30.3 Å². The van der Waals surface area contributed by atoms with Crippen LogP contribution in [0.2, 0.25) is 0 Å². The molecule has 1 aliphatic carbocycles. The Hall–Kier alpha value is -3.03. The summed E-state index contributed by atoms with van der Waals surface area (Å²) in [6.07, 6.45) is 0.764. The highest BCUT2D eigenvalue weighted by Crippen LogP contribution is 2.37. The summed E-state index contributed by atoms with van der Waals surface area (Å²) in [5.74, 6) is 0.812. The molecule has 1 aliphatic heterocycles. The molecule has 1 aromatic heterocycles. The van der Waals surface area contributed by atoms with Crippen LogP contribution in [0.4, 0.5) is 13.2 Å². The molecule has 1 spiro atoms. The van der Waals surface area contributed by atoms with Gasteiger partial charge in [0.15, 0.2) is 5.82 Å². The van der Waals surface area contributed by atoms with E-state index in [1.807, 2.05) is 0 Å². The highest BCUT2D eigenvalue weighted by molar-refractivity contribution is 5.96. The Morgan fingerprint density at radius 2 is 1.83 bits per heavy atom. The van der Waals surface area contributed by atoms with Crippen molar-refractivity contribution in [2.45, 2.75) is 44.1 Å². The minimum absolute atomic E-state index is 0.203. The Kier molecular flexibility index (Phi) is 4.45. The molecular weight excluding hydrogens is 395 g/mol. The lowest BCUT2D eigenvalue weighted by Gasteiger charge is -2.31. The van der Waals surface area contributed by atoms with Crippen molar-refractivity contribution in [2.24, 2.45) is 4.99 Å². The van der Waals surface area contributed by atoms with Crippen molar-refractivity contribution in [3.05, 3.63) is 48.3 Å². The van der Waals surface area contributed by atoms with Gasteiger partial charge in [-0.1, -0.05) is 30.7 Å². The molecule has 0 saturated heterocycles. The summed E-state index contributed by atoms with van der Waals surface area (Å²) in [6.45, 7) is 0.646. The van der Waals surface area contributed by atoms with Crippen LogP contribution in [-0.4, -0.2) is 34.4 Å². The number of rotatable bonds is 3. The molecule has 5 rings (SSSR count). The van der Waals surface area contributed by atoms with Crippen LogP contribution in [0.1, 0.15) is 37.9 Å². The van der Waals surface area contributed by atoms with Gasteiger partial charge < -0.3 is 14.5 Å². The Balaban J connectivity index is 1.45. The van der Waals surface area contributed by atoms with Crippen molar-refractivity contribution in [2.75, 3.05) is 6.54 Å². The van der Waals surface area contributed by atoms with E-state index in [-0.39, 0.29) is 11.4 Å². The zero-order valence-corrected chi connectivity index (χ0v) is 16.1. The fourth-order valence-corrected chi connectivity index (χ4v) is 4.26. The molecule has 2 aromatic carbocycles. The number of aliphatic imine (C=N–C) groups is 1. The molecule has 0 atom stereocenters. The van der Waals surface area contributed by atoms with Crippen molar-refractivity contribution in [3.8, 4) is 16.9 Å². The minimum Gasteiger partial charge on any atom is -0.467 e. The minimum atomic E-state index is -4.76. The van der Waals surface area contributed by atoms with E-state index in [4.69, 9.17) is 4.74 Å². The number of para-hydroxylation sites is 1. The second-order valence-corrected chi connectivity index (χ2v) is 7.83. The summed E-state index contributed by atoms with van der Waals surface area (Å²) in [4.78, 5) is 12.3. The summed E-state index contributed by atoms with van der Waals surface area (Å²) in [6, 6.07) is 11.3. The number of nitrogens with one attached hydrogen (secondary N) is 1. The molecule has 1 N–H and O–H groups in total. The van der Waals surface area contributed by atoms with Crippen LogP contribution >= 0.6 is 0 Å².